The summed E-state index contributed by atoms with van der Waals surface area (Å²) in [7, 11) is 0. The van der Waals surface area contributed by atoms with Crippen LogP contribution in [0.4, 0.5) is 5.69 Å². The topological polar surface area (TPSA) is 71.3 Å². The highest BCUT2D eigenvalue weighted by Gasteiger charge is 2.22. The van der Waals surface area contributed by atoms with Crippen molar-refractivity contribution in [3.63, 3.8) is 0 Å². The first-order valence-corrected chi connectivity index (χ1v) is 8.46. The molecule has 0 radical (unpaired) electrons. The van der Waals surface area contributed by atoms with Gasteiger partial charge in [0.25, 0.3) is 5.91 Å². The van der Waals surface area contributed by atoms with Gasteiger partial charge in [-0.2, -0.15) is 4.98 Å². The molecule has 1 aromatic heterocycles. The molecule has 0 spiro atoms. The fourth-order valence-electron chi connectivity index (χ4n) is 3.13. The number of carbonyl (C=O) groups is 1. The molecule has 1 fully saturated rings. The van der Waals surface area contributed by atoms with Crippen molar-refractivity contribution in [2.45, 2.75) is 40.2 Å². The Morgan fingerprint density at radius 1 is 1.42 bits per heavy atom. The Hall–Kier alpha value is -2.37. The Labute approximate surface area is 142 Å². The number of piperidine rings is 1. The first-order valence-electron chi connectivity index (χ1n) is 8.46. The van der Waals surface area contributed by atoms with Crippen LogP contribution < -0.4 is 5.32 Å². The van der Waals surface area contributed by atoms with Gasteiger partial charge in [0.15, 0.2) is 5.82 Å². The Morgan fingerprint density at radius 2 is 2.25 bits per heavy atom. The quantitative estimate of drug-likeness (QED) is 0.933. The fourth-order valence-corrected chi connectivity index (χ4v) is 3.13. The predicted octanol–water partition coefficient (Wildman–Crippen LogP) is 3.17. The van der Waals surface area contributed by atoms with E-state index in [9.17, 15) is 4.79 Å². The predicted molar refractivity (Wildman–Crippen MR) is 91.8 cm³/mol. The van der Waals surface area contributed by atoms with Crippen LogP contribution in [0.25, 0.3) is 0 Å². The smallest absolute Gasteiger partial charge is 0.253 e. The molecule has 1 amide bonds. The maximum Gasteiger partial charge on any atom is 0.253 e. The second-order valence-corrected chi connectivity index (χ2v) is 6.62. The number of benzene rings is 1. The number of hydrogen-bond acceptors (Lipinski definition) is 5. The molecule has 1 saturated heterocycles. The summed E-state index contributed by atoms with van der Waals surface area (Å²) in [5, 5.41) is 7.04. The van der Waals surface area contributed by atoms with E-state index in [1.165, 1.54) is 6.42 Å². The van der Waals surface area contributed by atoms with E-state index < -0.39 is 0 Å². The maximum absolute atomic E-state index is 12.7. The van der Waals surface area contributed by atoms with Crippen LogP contribution in [0.2, 0.25) is 0 Å². The van der Waals surface area contributed by atoms with Gasteiger partial charge in [-0.1, -0.05) is 12.1 Å². The van der Waals surface area contributed by atoms with Gasteiger partial charge in [0, 0.05) is 24.3 Å². The molecule has 1 N–H and O–H groups in total. The van der Waals surface area contributed by atoms with Crippen molar-refractivity contribution in [3.05, 3.63) is 41.0 Å². The molecule has 0 unspecified atom stereocenters. The summed E-state index contributed by atoms with van der Waals surface area (Å²) < 4.78 is 5.09. The van der Waals surface area contributed by atoms with Crippen LogP contribution in [0.15, 0.2) is 22.7 Å². The summed E-state index contributed by atoms with van der Waals surface area (Å²) in [6.07, 6.45) is 2.30. The number of hydrogen-bond donors (Lipinski definition) is 1. The van der Waals surface area contributed by atoms with Gasteiger partial charge in [-0.15, -0.1) is 0 Å². The Morgan fingerprint density at radius 3 is 2.92 bits per heavy atom. The van der Waals surface area contributed by atoms with Crippen LogP contribution in [-0.4, -0.2) is 34.0 Å². The van der Waals surface area contributed by atoms with Crippen LogP contribution in [0.1, 0.15) is 47.4 Å². The van der Waals surface area contributed by atoms with Crippen molar-refractivity contribution in [1.29, 1.82) is 0 Å². The van der Waals surface area contributed by atoms with Crippen LogP contribution in [-0.2, 0) is 6.54 Å². The normalized spacial score (nSPS) is 17.8. The number of nitrogens with one attached hydrogen (secondary N) is 1. The average molecular weight is 328 g/mol. The van der Waals surface area contributed by atoms with Crippen molar-refractivity contribution in [2.24, 2.45) is 5.92 Å². The van der Waals surface area contributed by atoms with E-state index in [1.54, 1.807) is 6.92 Å². The van der Waals surface area contributed by atoms with Gasteiger partial charge in [-0.05, 0) is 56.4 Å². The number of rotatable bonds is 4. The molecular weight excluding hydrogens is 304 g/mol. The summed E-state index contributed by atoms with van der Waals surface area (Å²) in [4.78, 5) is 18.8. The molecule has 24 heavy (non-hydrogen) atoms. The molecule has 0 bridgehead atoms. The summed E-state index contributed by atoms with van der Waals surface area (Å²) >= 11 is 0. The summed E-state index contributed by atoms with van der Waals surface area (Å²) in [6.45, 7) is 8.18. The van der Waals surface area contributed by atoms with Crippen LogP contribution in [0, 0.1) is 19.8 Å². The zero-order valence-electron chi connectivity index (χ0n) is 14.5. The third-order valence-electron chi connectivity index (χ3n) is 4.42. The Balaban J connectivity index is 1.66. The van der Waals surface area contributed by atoms with E-state index >= 15 is 0 Å². The molecule has 6 nitrogen and oxygen atoms in total. The minimum Gasteiger partial charge on any atom is -0.376 e. The van der Waals surface area contributed by atoms with E-state index in [2.05, 4.69) is 22.4 Å². The minimum atomic E-state index is 0.128. The van der Waals surface area contributed by atoms with Gasteiger partial charge in [-0.3, -0.25) is 4.79 Å². The van der Waals surface area contributed by atoms with E-state index in [-0.39, 0.29) is 5.91 Å². The van der Waals surface area contributed by atoms with Crippen molar-refractivity contribution in [3.8, 4) is 0 Å². The lowest BCUT2D eigenvalue weighted by atomic mass is 9.99. The van der Waals surface area contributed by atoms with Crippen LogP contribution in [0.5, 0.6) is 0 Å². The van der Waals surface area contributed by atoms with E-state index in [1.807, 2.05) is 30.0 Å². The van der Waals surface area contributed by atoms with Crippen molar-refractivity contribution in [1.82, 2.24) is 15.0 Å². The molecule has 2 aromatic rings. The molecule has 1 aromatic carbocycles. The van der Waals surface area contributed by atoms with Gasteiger partial charge < -0.3 is 14.7 Å². The van der Waals surface area contributed by atoms with Crippen LogP contribution in [0.3, 0.4) is 0 Å². The van der Waals surface area contributed by atoms with Crippen molar-refractivity contribution >= 4 is 11.6 Å². The zero-order chi connectivity index (χ0) is 17.1. The molecule has 0 aliphatic carbocycles. The second kappa shape index (κ2) is 7.03. The molecule has 0 saturated carbocycles. The van der Waals surface area contributed by atoms with Gasteiger partial charge in [0.2, 0.25) is 5.89 Å². The average Bonchev–Trinajstić information content (AvgIpc) is 2.98. The summed E-state index contributed by atoms with van der Waals surface area (Å²) in [6, 6.07) is 5.78. The van der Waals surface area contributed by atoms with Crippen LogP contribution >= 0.6 is 0 Å². The zero-order valence-corrected chi connectivity index (χ0v) is 14.5. The maximum atomic E-state index is 12.7. The first kappa shape index (κ1) is 16.5. The monoisotopic (exact) mass is 328 g/mol. The largest absolute Gasteiger partial charge is 0.376 e. The highest BCUT2D eigenvalue weighted by Crippen LogP contribution is 2.21. The highest BCUT2D eigenvalue weighted by molar-refractivity contribution is 5.95. The van der Waals surface area contributed by atoms with Gasteiger partial charge in [0.1, 0.15) is 0 Å². The third-order valence-corrected chi connectivity index (χ3v) is 4.42. The summed E-state index contributed by atoms with van der Waals surface area (Å²) in [5.41, 5.74) is 2.75. The van der Waals surface area contributed by atoms with Crippen molar-refractivity contribution in [2.75, 3.05) is 18.4 Å². The SMILES string of the molecule is Cc1noc(CNc2ccc(C(=O)N3CCC[C@@H](C)C3)cc2C)n1. The van der Waals surface area contributed by atoms with E-state index in [0.717, 1.165) is 36.3 Å². The number of aryl methyl sites for hydroxylation is 2. The molecule has 1 aliphatic heterocycles. The summed E-state index contributed by atoms with van der Waals surface area (Å²) in [5.74, 6) is 1.89. The second-order valence-electron chi connectivity index (χ2n) is 6.62. The molecule has 1 atom stereocenters. The van der Waals surface area contributed by atoms with Crippen molar-refractivity contribution < 1.29 is 9.32 Å². The molecule has 2 heterocycles. The number of carbonyl (C=O) groups excluding carboxylic acids is 1. The number of nitrogens with zero attached hydrogens (tertiary/aromatic N) is 3. The van der Waals surface area contributed by atoms with E-state index in [0.29, 0.717) is 24.2 Å². The van der Waals surface area contributed by atoms with Gasteiger partial charge in [0.05, 0.1) is 6.54 Å². The third kappa shape index (κ3) is 3.75. The molecular formula is C18H24N4O2. The molecule has 1 aliphatic rings. The number of anilines is 1. The van der Waals surface area contributed by atoms with Gasteiger partial charge >= 0.3 is 0 Å². The molecule has 6 heteroatoms. The fraction of sp³-hybridized carbons (Fsp3) is 0.500. The molecule has 128 valence electrons. The number of aromatic nitrogens is 2. The lowest BCUT2D eigenvalue weighted by Crippen LogP contribution is -2.39. The Bertz CT molecular complexity index is 726. The number of amides is 1. The molecule has 3 rings (SSSR count). The standard InChI is InChI=1S/C18H24N4O2/c1-12-5-4-8-22(11-12)18(23)15-6-7-16(13(2)9-15)19-10-17-20-14(3)21-24-17/h6-7,9,12,19H,4-5,8,10-11H2,1-3H3/t12-/m1/s1. The lowest BCUT2D eigenvalue weighted by molar-refractivity contribution is 0.0683. The van der Waals surface area contributed by atoms with Gasteiger partial charge in [-0.25, -0.2) is 0 Å². The number of likely N-dealkylation sites (tertiary alicyclic amines) is 1. The lowest BCUT2D eigenvalue weighted by Gasteiger charge is -2.31. The Kier molecular flexibility index (Phi) is 4.83. The highest BCUT2D eigenvalue weighted by atomic mass is 16.5. The minimum absolute atomic E-state index is 0.128. The van der Waals surface area contributed by atoms with E-state index in [4.69, 9.17) is 4.52 Å². The first-order chi connectivity index (χ1) is 11.5.